The maximum absolute atomic E-state index is 7.55. The molecule has 0 amide bonds. The number of rotatable bonds is 3. The Morgan fingerprint density at radius 3 is 1.46 bits per heavy atom. The Morgan fingerprint density at radius 2 is 0.931 bits per heavy atom. The average molecular weight is 945 g/mol. The number of ether oxygens (including phenoxy) is 1. The number of hydrogen-bond acceptors (Lipinski definition) is 1. The molecule has 8 aromatic rings. The third kappa shape index (κ3) is 5.82. The van der Waals surface area contributed by atoms with E-state index in [1.165, 1.54) is 165 Å². The van der Waals surface area contributed by atoms with Crippen molar-refractivity contribution in [1.82, 2.24) is 9.13 Å². The van der Waals surface area contributed by atoms with Crippen LogP contribution >= 0.6 is 0 Å². The summed E-state index contributed by atoms with van der Waals surface area (Å²) in [5.74, 6) is 7.22. The molecule has 4 heterocycles. The Balaban J connectivity index is 1.04. The van der Waals surface area contributed by atoms with E-state index in [4.69, 9.17) is 4.74 Å². The van der Waals surface area contributed by atoms with Crippen LogP contribution in [0.1, 0.15) is 167 Å². The first kappa shape index (κ1) is 43.2. The Bertz CT molecular complexity index is 3530. The lowest BCUT2D eigenvalue weighted by Crippen LogP contribution is -2.58. The Hall–Kier alpha value is -5.22. The molecule has 0 radical (unpaired) electrons. The molecule has 8 fully saturated rings. The molecular weight excluding hydrogens is 872 g/mol. The van der Waals surface area contributed by atoms with Crippen LogP contribution in [0.25, 0.3) is 55.0 Å². The average Bonchev–Trinajstić information content (AvgIpc) is 3.84. The minimum atomic E-state index is -0.0334. The fraction of sp³-hybridized carbons (Fsp3) is 0.471. The first-order chi connectivity index (χ1) is 34.4. The molecule has 18 rings (SSSR count). The summed E-state index contributed by atoms with van der Waals surface area (Å²) in [6.07, 6.45) is 16.8. The summed E-state index contributed by atoms with van der Waals surface area (Å²) < 4.78 is 13.1. The second-order valence-electron chi connectivity index (χ2n) is 29.1. The second-order valence-corrected chi connectivity index (χ2v) is 29.1. The van der Waals surface area contributed by atoms with Gasteiger partial charge in [0, 0.05) is 38.8 Å². The number of nitrogens with zero attached hydrogens (tertiary/aromatic N) is 2. The highest BCUT2D eigenvalue weighted by molar-refractivity contribution is 6.99. The zero-order chi connectivity index (χ0) is 48.7. The minimum absolute atomic E-state index is 0.00314. The maximum atomic E-state index is 7.55. The van der Waals surface area contributed by atoms with E-state index >= 15 is 0 Å². The van der Waals surface area contributed by atoms with E-state index in [1.807, 2.05) is 0 Å². The van der Waals surface area contributed by atoms with Crippen LogP contribution in [0.4, 0.5) is 0 Å². The molecule has 3 nitrogen and oxygen atoms in total. The predicted molar refractivity (Wildman–Crippen MR) is 302 cm³/mol. The van der Waals surface area contributed by atoms with Crippen LogP contribution in [0, 0.1) is 35.5 Å². The smallest absolute Gasteiger partial charge is 0.256 e. The highest BCUT2D eigenvalue weighted by Gasteiger charge is 2.55. The van der Waals surface area contributed by atoms with Crippen molar-refractivity contribution in [2.24, 2.45) is 35.5 Å². The highest BCUT2D eigenvalue weighted by Crippen LogP contribution is 2.64. The largest absolute Gasteiger partial charge is 0.458 e. The summed E-state index contributed by atoms with van der Waals surface area (Å²) in [6, 6.07) is 40.1. The van der Waals surface area contributed by atoms with Crippen molar-refractivity contribution in [2.45, 2.75) is 166 Å². The van der Waals surface area contributed by atoms with Gasteiger partial charge in [0.05, 0.1) is 22.2 Å². The van der Waals surface area contributed by atoms with E-state index in [1.54, 1.807) is 11.1 Å². The van der Waals surface area contributed by atoms with Crippen molar-refractivity contribution < 1.29 is 4.74 Å². The van der Waals surface area contributed by atoms with Crippen LogP contribution in [0.15, 0.2) is 97.1 Å². The third-order valence-corrected chi connectivity index (χ3v) is 21.3. The molecule has 8 bridgehead atoms. The van der Waals surface area contributed by atoms with Gasteiger partial charge in [-0.25, -0.2) is 0 Å². The number of aromatic nitrogens is 2. The van der Waals surface area contributed by atoms with Gasteiger partial charge in [0.1, 0.15) is 11.5 Å². The van der Waals surface area contributed by atoms with E-state index in [9.17, 15) is 0 Å². The normalized spacial score (nSPS) is 28.7. The van der Waals surface area contributed by atoms with Crippen molar-refractivity contribution in [3.8, 4) is 22.9 Å². The van der Waals surface area contributed by atoms with Crippen LogP contribution in [0.2, 0.25) is 0 Å². The van der Waals surface area contributed by atoms with Gasteiger partial charge in [0.2, 0.25) is 0 Å². The van der Waals surface area contributed by atoms with E-state index < -0.39 is 0 Å². The van der Waals surface area contributed by atoms with Gasteiger partial charge >= 0.3 is 0 Å². The van der Waals surface area contributed by atoms with Gasteiger partial charge in [0.25, 0.3) is 6.71 Å². The topological polar surface area (TPSA) is 19.1 Å². The van der Waals surface area contributed by atoms with Gasteiger partial charge in [-0.15, -0.1) is 0 Å². The Morgan fingerprint density at radius 1 is 0.444 bits per heavy atom. The Labute approximate surface area is 428 Å². The van der Waals surface area contributed by atoms with Crippen LogP contribution in [0.3, 0.4) is 0 Å². The van der Waals surface area contributed by atoms with Crippen molar-refractivity contribution in [1.29, 1.82) is 0 Å². The van der Waals surface area contributed by atoms with Crippen LogP contribution in [-0.4, -0.2) is 15.8 Å². The summed E-state index contributed by atoms with van der Waals surface area (Å²) in [4.78, 5) is 0. The van der Waals surface area contributed by atoms with Gasteiger partial charge < -0.3 is 13.9 Å². The molecule has 0 spiro atoms. The van der Waals surface area contributed by atoms with Crippen LogP contribution < -0.4 is 21.1 Å². The van der Waals surface area contributed by atoms with Gasteiger partial charge in [0.15, 0.2) is 0 Å². The molecule has 0 unspecified atom stereocenters. The summed E-state index contributed by atoms with van der Waals surface area (Å²) in [5, 5.41) is 5.65. The molecule has 364 valence electrons. The third-order valence-electron chi connectivity index (χ3n) is 21.3. The molecular formula is C68H73BN2O. The fourth-order valence-electron chi connectivity index (χ4n) is 18.9. The van der Waals surface area contributed by atoms with Crippen molar-refractivity contribution in [3.05, 3.63) is 125 Å². The van der Waals surface area contributed by atoms with E-state index in [0.29, 0.717) is 0 Å². The van der Waals surface area contributed by atoms with E-state index in [-0.39, 0.29) is 33.8 Å². The van der Waals surface area contributed by atoms with Crippen molar-refractivity contribution in [2.75, 3.05) is 0 Å². The zero-order valence-electron chi connectivity index (χ0n) is 44.6. The Kier molecular flexibility index (Phi) is 8.36. The minimum Gasteiger partial charge on any atom is -0.458 e. The first-order valence-corrected chi connectivity index (χ1v) is 28.6. The number of hydrogen-bond donors (Lipinski definition) is 0. The molecule has 8 aliphatic carbocycles. The lowest BCUT2D eigenvalue weighted by Gasteiger charge is -2.57. The highest BCUT2D eigenvalue weighted by atomic mass is 16.5. The fourth-order valence-corrected chi connectivity index (χ4v) is 18.9. The molecule has 72 heavy (non-hydrogen) atoms. The molecule has 0 saturated heterocycles. The number of benzene rings is 6. The lowest BCUT2D eigenvalue weighted by atomic mass is 9.34. The first-order valence-electron chi connectivity index (χ1n) is 28.6. The molecule has 10 aliphatic rings. The van der Waals surface area contributed by atoms with Crippen molar-refractivity contribution >= 4 is 66.7 Å². The second kappa shape index (κ2) is 13.9. The predicted octanol–water partition coefficient (Wildman–Crippen LogP) is 15.6. The van der Waals surface area contributed by atoms with E-state index in [0.717, 1.165) is 47.0 Å². The summed E-state index contributed by atoms with van der Waals surface area (Å²) in [6.45, 7) is 21.4. The molecule has 4 heteroatoms. The standard InChI is InChI=1S/C68H73BN2O/c1-64(2,3)44-16-18-56-50(26-44)51-27-46(66(7,8)9)29-55-63(51)71(56)57-30-47(31-59-60(57)69(55)54-28-45(65(4,5)6)17-19-58(54)72-59)70-61-48(12-10-14-52(61)67-32-38-20-39(33-67)22-40(21-38)34-67)49-13-11-15-53(62(49)70)68-35-41-23-42(36-68)25-43(24-41)37-68/h10-19,26-31,38-43H,20-25,32-37H2,1-9H3. The molecule has 6 aromatic carbocycles. The van der Waals surface area contributed by atoms with Gasteiger partial charge in [-0.2, -0.15) is 0 Å². The number of fused-ring (bicyclic) bond motifs is 10. The van der Waals surface area contributed by atoms with Gasteiger partial charge in [-0.3, -0.25) is 0 Å². The summed E-state index contributed by atoms with van der Waals surface area (Å²) >= 11 is 0. The van der Waals surface area contributed by atoms with Crippen LogP contribution in [0.5, 0.6) is 11.5 Å². The molecule has 2 aromatic heterocycles. The molecule has 2 aliphatic heterocycles. The molecule has 0 atom stereocenters. The van der Waals surface area contributed by atoms with Crippen LogP contribution in [-0.2, 0) is 27.1 Å². The SMILES string of the molecule is CC(C)(C)c1ccc2c(c1)B1c3c(cc(-n4c5c(C67CC8CC(CC(C8)C6)C7)cccc5c5cccc(C67CC8CC(CC(C8)C6)C7)c54)cc3-n3c4ccc(C(C)(C)C)cc4c4cc(C(C)(C)C)cc1c43)O2. The maximum Gasteiger partial charge on any atom is 0.256 e. The van der Waals surface area contributed by atoms with E-state index in [2.05, 4.69) is 169 Å². The van der Waals surface area contributed by atoms with Gasteiger partial charge in [-0.05, 0) is 214 Å². The quantitative estimate of drug-likeness (QED) is 0.162. The monoisotopic (exact) mass is 945 g/mol. The lowest BCUT2D eigenvalue weighted by molar-refractivity contribution is -0.00468. The number of para-hydroxylation sites is 2. The molecule has 0 N–H and O–H groups in total. The zero-order valence-corrected chi connectivity index (χ0v) is 44.6. The summed E-state index contributed by atoms with van der Waals surface area (Å²) in [7, 11) is 0. The van der Waals surface area contributed by atoms with Gasteiger partial charge in [-0.1, -0.05) is 123 Å². The van der Waals surface area contributed by atoms with Crippen molar-refractivity contribution in [3.63, 3.8) is 0 Å². The summed E-state index contributed by atoms with van der Waals surface area (Å²) in [5.41, 5.74) is 20.1. The molecule has 8 saturated carbocycles.